The average molecular weight is 250 g/mol. The van der Waals surface area contributed by atoms with Crippen LogP contribution in [0.25, 0.3) is 0 Å². The van der Waals surface area contributed by atoms with Crippen LogP contribution in [0.1, 0.15) is 38.5 Å². The lowest BCUT2D eigenvalue weighted by Crippen LogP contribution is -2.64. The third-order valence-electron chi connectivity index (χ3n) is 6.03. The van der Waals surface area contributed by atoms with E-state index in [0.29, 0.717) is 6.04 Å². The van der Waals surface area contributed by atoms with Crippen LogP contribution in [-0.4, -0.2) is 59.3 Å². The standard InChI is InChI=1S/C15H26N2O/c18-13-4-6-17-9-11-7-12(15(17)8-13)10-16-5-2-1-3-14(11)16/h11-15,18H,1-10H2/t11-,12-,13+,14-,15-/m0/s1. The maximum absolute atomic E-state index is 9.94. The zero-order valence-electron chi connectivity index (χ0n) is 11.3. The largest absolute Gasteiger partial charge is 0.393 e. The van der Waals surface area contributed by atoms with Crippen LogP contribution in [0.5, 0.6) is 0 Å². The van der Waals surface area contributed by atoms with E-state index in [1.165, 1.54) is 45.3 Å². The summed E-state index contributed by atoms with van der Waals surface area (Å²) in [7, 11) is 0. The molecule has 4 saturated heterocycles. The summed E-state index contributed by atoms with van der Waals surface area (Å²) in [6, 6.07) is 1.58. The Morgan fingerprint density at radius 3 is 2.44 bits per heavy atom. The van der Waals surface area contributed by atoms with Gasteiger partial charge in [-0.3, -0.25) is 9.80 Å². The maximum Gasteiger partial charge on any atom is 0.0567 e. The summed E-state index contributed by atoms with van der Waals surface area (Å²) < 4.78 is 0. The van der Waals surface area contributed by atoms with Gasteiger partial charge >= 0.3 is 0 Å². The van der Waals surface area contributed by atoms with Gasteiger partial charge in [-0.1, -0.05) is 6.42 Å². The van der Waals surface area contributed by atoms with Crippen molar-refractivity contribution in [2.24, 2.45) is 11.8 Å². The van der Waals surface area contributed by atoms with Gasteiger partial charge in [-0.25, -0.2) is 0 Å². The first-order valence-corrected chi connectivity index (χ1v) is 7.97. The van der Waals surface area contributed by atoms with Gasteiger partial charge in [0.15, 0.2) is 0 Å². The Kier molecular flexibility index (Phi) is 2.90. The molecule has 4 aliphatic heterocycles. The van der Waals surface area contributed by atoms with Crippen molar-refractivity contribution >= 4 is 0 Å². The molecule has 0 aromatic heterocycles. The Balaban J connectivity index is 1.55. The molecule has 102 valence electrons. The highest BCUT2D eigenvalue weighted by Crippen LogP contribution is 2.42. The zero-order valence-corrected chi connectivity index (χ0v) is 11.3. The Bertz CT molecular complexity index is 322. The predicted octanol–water partition coefficient (Wildman–Crippen LogP) is 1.32. The molecular formula is C15H26N2O. The monoisotopic (exact) mass is 250 g/mol. The lowest BCUT2D eigenvalue weighted by atomic mass is 9.70. The van der Waals surface area contributed by atoms with E-state index in [2.05, 4.69) is 9.80 Å². The van der Waals surface area contributed by atoms with Crippen LogP contribution in [-0.2, 0) is 0 Å². The van der Waals surface area contributed by atoms with Crippen molar-refractivity contribution in [3.63, 3.8) is 0 Å². The number of aliphatic hydroxyl groups is 1. The summed E-state index contributed by atoms with van der Waals surface area (Å²) in [6.07, 6.45) is 7.76. The molecule has 4 rings (SSSR count). The van der Waals surface area contributed by atoms with Crippen LogP contribution < -0.4 is 0 Å². The first-order chi connectivity index (χ1) is 8.81. The van der Waals surface area contributed by atoms with Gasteiger partial charge in [0.1, 0.15) is 0 Å². The number of hydrogen-bond acceptors (Lipinski definition) is 3. The summed E-state index contributed by atoms with van der Waals surface area (Å²) in [5.41, 5.74) is 0. The molecule has 4 fully saturated rings. The Morgan fingerprint density at radius 2 is 1.56 bits per heavy atom. The molecule has 3 heteroatoms. The van der Waals surface area contributed by atoms with Gasteiger partial charge in [0.25, 0.3) is 0 Å². The van der Waals surface area contributed by atoms with Crippen LogP contribution >= 0.6 is 0 Å². The quantitative estimate of drug-likeness (QED) is 0.702. The third kappa shape index (κ3) is 1.83. The van der Waals surface area contributed by atoms with Crippen molar-refractivity contribution in [1.29, 1.82) is 0 Å². The molecule has 18 heavy (non-hydrogen) atoms. The molecule has 2 bridgehead atoms. The number of fused-ring (bicyclic) bond motifs is 6. The van der Waals surface area contributed by atoms with E-state index in [4.69, 9.17) is 0 Å². The third-order valence-corrected chi connectivity index (χ3v) is 6.03. The fourth-order valence-corrected chi connectivity index (χ4v) is 5.22. The van der Waals surface area contributed by atoms with Crippen molar-refractivity contribution < 1.29 is 5.11 Å². The van der Waals surface area contributed by atoms with Gasteiger partial charge < -0.3 is 5.11 Å². The van der Waals surface area contributed by atoms with Gasteiger partial charge in [-0.15, -0.1) is 0 Å². The van der Waals surface area contributed by atoms with E-state index in [0.717, 1.165) is 37.3 Å². The topological polar surface area (TPSA) is 26.7 Å². The summed E-state index contributed by atoms with van der Waals surface area (Å²) in [5.74, 6) is 1.77. The smallest absolute Gasteiger partial charge is 0.0567 e. The lowest BCUT2D eigenvalue weighted by molar-refractivity contribution is -0.0900. The Morgan fingerprint density at radius 1 is 0.778 bits per heavy atom. The number of hydrogen-bond donors (Lipinski definition) is 1. The van der Waals surface area contributed by atoms with Gasteiger partial charge in [-0.2, -0.15) is 0 Å². The normalized spacial score (nSPS) is 49.5. The Hall–Kier alpha value is -0.120. The van der Waals surface area contributed by atoms with Gasteiger partial charge in [0.2, 0.25) is 0 Å². The van der Waals surface area contributed by atoms with Crippen molar-refractivity contribution in [3.8, 4) is 0 Å². The van der Waals surface area contributed by atoms with Crippen molar-refractivity contribution in [1.82, 2.24) is 9.80 Å². The fraction of sp³-hybridized carbons (Fsp3) is 1.00. The molecule has 0 unspecified atom stereocenters. The van der Waals surface area contributed by atoms with E-state index in [1.807, 2.05) is 0 Å². The van der Waals surface area contributed by atoms with Crippen molar-refractivity contribution in [3.05, 3.63) is 0 Å². The van der Waals surface area contributed by atoms with E-state index in [9.17, 15) is 5.11 Å². The lowest BCUT2D eigenvalue weighted by Gasteiger charge is -2.57. The highest BCUT2D eigenvalue weighted by molar-refractivity contribution is 5.01. The van der Waals surface area contributed by atoms with Crippen LogP contribution in [0.15, 0.2) is 0 Å². The van der Waals surface area contributed by atoms with E-state index in [1.54, 1.807) is 0 Å². The minimum absolute atomic E-state index is 0.0260. The van der Waals surface area contributed by atoms with Crippen LogP contribution in [0.4, 0.5) is 0 Å². The van der Waals surface area contributed by atoms with Crippen LogP contribution in [0.3, 0.4) is 0 Å². The van der Waals surface area contributed by atoms with Gasteiger partial charge in [0.05, 0.1) is 6.10 Å². The second kappa shape index (κ2) is 4.46. The van der Waals surface area contributed by atoms with E-state index >= 15 is 0 Å². The summed E-state index contributed by atoms with van der Waals surface area (Å²) in [4.78, 5) is 5.51. The molecule has 3 nitrogen and oxygen atoms in total. The summed E-state index contributed by atoms with van der Waals surface area (Å²) in [5, 5.41) is 9.94. The SMILES string of the molecule is O[C@@H]1CCN2C[C@@H]3C[C@@H](CN4CCCC[C@@H]34)[C@@H]2C1. The highest BCUT2D eigenvalue weighted by Gasteiger charge is 2.47. The Labute approximate surface area is 110 Å². The number of nitrogens with zero attached hydrogens (tertiary/aromatic N) is 2. The molecule has 0 radical (unpaired) electrons. The predicted molar refractivity (Wildman–Crippen MR) is 71.4 cm³/mol. The molecule has 0 spiro atoms. The molecular weight excluding hydrogens is 224 g/mol. The summed E-state index contributed by atoms with van der Waals surface area (Å²) >= 11 is 0. The number of rotatable bonds is 0. The minimum atomic E-state index is -0.0260. The van der Waals surface area contributed by atoms with Crippen molar-refractivity contribution in [2.75, 3.05) is 26.2 Å². The highest BCUT2D eigenvalue weighted by atomic mass is 16.3. The fourth-order valence-electron chi connectivity index (χ4n) is 5.22. The maximum atomic E-state index is 9.94. The van der Waals surface area contributed by atoms with E-state index < -0.39 is 0 Å². The first-order valence-electron chi connectivity index (χ1n) is 7.97. The molecule has 5 atom stereocenters. The number of piperidine rings is 4. The first kappa shape index (κ1) is 11.7. The van der Waals surface area contributed by atoms with Crippen molar-refractivity contribution in [2.45, 2.75) is 56.7 Å². The second-order valence-corrected chi connectivity index (χ2v) is 7.05. The van der Waals surface area contributed by atoms with E-state index in [-0.39, 0.29) is 6.10 Å². The molecule has 0 aromatic carbocycles. The second-order valence-electron chi connectivity index (χ2n) is 7.05. The molecule has 0 aliphatic carbocycles. The molecule has 4 aliphatic rings. The molecule has 1 N–H and O–H groups in total. The van der Waals surface area contributed by atoms with Gasteiger partial charge in [-0.05, 0) is 50.5 Å². The minimum Gasteiger partial charge on any atom is -0.393 e. The van der Waals surface area contributed by atoms with Crippen LogP contribution in [0, 0.1) is 11.8 Å². The molecule has 4 heterocycles. The van der Waals surface area contributed by atoms with Gasteiger partial charge in [0, 0.05) is 31.7 Å². The molecule has 0 saturated carbocycles. The number of aliphatic hydroxyl groups excluding tert-OH is 1. The molecule has 0 aromatic rings. The van der Waals surface area contributed by atoms with Crippen LogP contribution in [0.2, 0.25) is 0 Å². The zero-order chi connectivity index (χ0) is 12.1. The molecule has 0 amide bonds. The summed E-state index contributed by atoms with van der Waals surface area (Å²) in [6.45, 7) is 5.11. The average Bonchev–Trinajstić information content (AvgIpc) is 2.40.